The molecule has 0 amide bonds. The first-order chi connectivity index (χ1) is 6.29. The van der Waals surface area contributed by atoms with Crippen LogP contribution in [0, 0.1) is 0 Å². The van der Waals surface area contributed by atoms with Gasteiger partial charge in [-0.15, -0.1) is 11.3 Å². The van der Waals surface area contributed by atoms with Crippen LogP contribution in [0.2, 0.25) is 0 Å². The Labute approximate surface area is 87.3 Å². The molecule has 4 heteroatoms. The van der Waals surface area contributed by atoms with E-state index in [0.29, 0.717) is 11.3 Å². The minimum Gasteiger partial charge on any atom is -0.461 e. The van der Waals surface area contributed by atoms with Crippen LogP contribution in [0.5, 0.6) is 0 Å². The van der Waals surface area contributed by atoms with E-state index in [9.17, 15) is 4.79 Å². The van der Waals surface area contributed by atoms with Gasteiger partial charge in [0.15, 0.2) is 5.76 Å². The van der Waals surface area contributed by atoms with Crippen LogP contribution in [-0.2, 0) is 0 Å². The van der Waals surface area contributed by atoms with Crippen molar-refractivity contribution in [3.8, 4) is 0 Å². The lowest BCUT2D eigenvalue weighted by molar-refractivity contribution is 0.101. The second kappa shape index (κ2) is 3.47. The molecule has 2 heterocycles. The second-order valence-corrected chi connectivity index (χ2v) is 4.65. The Balaban J connectivity index is 2.39. The molecule has 0 aliphatic carbocycles. The Hall–Kier alpha value is -0.870. The van der Waals surface area contributed by atoms with Gasteiger partial charge in [-0.1, -0.05) is 0 Å². The van der Waals surface area contributed by atoms with Crippen LogP contribution in [0.15, 0.2) is 38.0 Å². The van der Waals surface area contributed by atoms with Crippen molar-refractivity contribution >= 4 is 33.0 Å². The molecular formula is C9H5BrO2S. The molecule has 0 saturated carbocycles. The Morgan fingerprint density at radius 2 is 2.31 bits per heavy atom. The zero-order valence-electron chi connectivity index (χ0n) is 6.49. The quantitative estimate of drug-likeness (QED) is 0.772. The van der Waals surface area contributed by atoms with E-state index in [2.05, 4.69) is 15.9 Å². The maximum absolute atomic E-state index is 11.7. The zero-order chi connectivity index (χ0) is 9.26. The van der Waals surface area contributed by atoms with Gasteiger partial charge in [-0.25, -0.2) is 0 Å². The van der Waals surface area contributed by atoms with Crippen LogP contribution < -0.4 is 0 Å². The normalized spacial score (nSPS) is 10.2. The van der Waals surface area contributed by atoms with Crippen molar-refractivity contribution in [1.82, 2.24) is 0 Å². The number of thiophene rings is 1. The van der Waals surface area contributed by atoms with Gasteiger partial charge in [0.25, 0.3) is 0 Å². The molecule has 0 atom stereocenters. The fourth-order valence-corrected chi connectivity index (χ4v) is 2.24. The Bertz CT molecular complexity index is 417. The maximum Gasteiger partial charge on any atom is 0.230 e. The Morgan fingerprint density at radius 3 is 2.85 bits per heavy atom. The van der Waals surface area contributed by atoms with Crippen LogP contribution in [0.25, 0.3) is 0 Å². The number of furan rings is 1. The molecule has 0 saturated heterocycles. The van der Waals surface area contributed by atoms with E-state index >= 15 is 0 Å². The predicted molar refractivity (Wildman–Crippen MR) is 54.2 cm³/mol. The lowest BCUT2D eigenvalue weighted by Crippen LogP contribution is -1.97. The van der Waals surface area contributed by atoms with Crippen LogP contribution in [0.4, 0.5) is 0 Å². The maximum atomic E-state index is 11.7. The molecule has 0 N–H and O–H groups in total. The van der Waals surface area contributed by atoms with E-state index in [1.54, 1.807) is 18.2 Å². The largest absolute Gasteiger partial charge is 0.461 e. The molecule has 0 aromatic carbocycles. The summed E-state index contributed by atoms with van der Waals surface area (Å²) in [7, 11) is 0. The predicted octanol–water partition coefficient (Wildman–Crippen LogP) is 3.33. The molecule has 0 unspecified atom stereocenters. The summed E-state index contributed by atoms with van der Waals surface area (Å²) >= 11 is 4.79. The fraction of sp³-hybridized carbons (Fsp3) is 0. The van der Waals surface area contributed by atoms with E-state index in [4.69, 9.17) is 4.42 Å². The number of carbonyl (C=O) groups is 1. The molecule has 0 aliphatic rings. The van der Waals surface area contributed by atoms with Crippen molar-refractivity contribution in [1.29, 1.82) is 0 Å². The summed E-state index contributed by atoms with van der Waals surface area (Å²) in [4.78, 5) is 11.7. The summed E-state index contributed by atoms with van der Waals surface area (Å²) in [6.45, 7) is 0. The van der Waals surface area contributed by atoms with Crippen molar-refractivity contribution in [2.45, 2.75) is 0 Å². The third-order valence-electron chi connectivity index (χ3n) is 1.61. The van der Waals surface area contributed by atoms with Crippen LogP contribution >= 0.6 is 27.3 Å². The highest BCUT2D eigenvalue weighted by molar-refractivity contribution is 9.11. The molecule has 0 bridgehead atoms. The van der Waals surface area contributed by atoms with Crippen LogP contribution in [0.3, 0.4) is 0 Å². The summed E-state index contributed by atoms with van der Waals surface area (Å²) in [6.07, 6.45) is 1.49. The van der Waals surface area contributed by atoms with Gasteiger partial charge in [0, 0.05) is 0 Å². The summed E-state index contributed by atoms with van der Waals surface area (Å²) < 4.78 is 5.85. The van der Waals surface area contributed by atoms with Crippen LogP contribution in [0.1, 0.15) is 16.1 Å². The van der Waals surface area contributed by atoms with Crippen LogP contribution in [-0.4, -0.2) is 5.78 Å². The van der Waals surface area contributed by atoms with E-state index in [0.717, 1.165) is 3.79 Å². The average molecular weight is 257 g/mol. The highest BCUT2D eigenvalue weighted by Gasteiger charge is 2.15. The first-order valence-electron chi connectivity index (χ1n) is 3.60. The molecule has 2 aromatic heterocycles. The van der Waals surface area contributed by atoms with Gasteiger partial charge < -0.3 is 4.42 Å². The summed E-state index contributed by atoms with van der Waals surface area (Å²) in [5, 5.41) is 1.86. The smallest absolute Gasteiger partial charge is 0.230 e. The number of carbonyl (C=O) groups excluding carboxylic acids is 1. The van der Waals surface area contributed by atoms with Gasteiger partial charge in [0.05, 0.1) is 15.6 Å². The summed E-state index contributed by atoms with van der Waals surface area (Å²) in [5.74, 6) is 0.289. The standard InChI is InChI=1S/C9H5BrO2S/c10-9-6(3-5-13-9)8(11)7-2-1-4-12-7/h1-5H. The lowest BCUT2D eigenvalue weighted by atomic mass is 10.2. The number of hydrogen-bond donors (Lipinski definition) is 0. The van der Waals surface area contributed by atoms with Crippen molar-refractivity contribution in [3.05, 3.63) is 45.0 Å². The van der Waals surface area contributed by atoms with E-state index < -0.39 is 0 Å². The van der Waals surface area contributed by atoms with Gasteiger partial charge in [-0.3, -0.25) is 4.79 Å². The minimum atomic E-state index is -0.0851. The molecule has 13 heavy (non-hydrogen) atoms. The summed E-state index contributed by atoms with van der Waals surface area (Å²) in [6, 6.07) is 5.14. The molecule has 0 fully saturated rings. The fourth-order valence-electron chi connectivity index (χ4n) is 0.996. The number of rotatable bonds is 2. The monoisotopic (exact) mass is 256 g/mol. The number of halogens is 1. The average Bonchev–Trinajstić information content (AvgIpc) is 2.72. The molecule has 66 valence electrons. The topological polar surface area (TPSA) is 30.2 Å². The lowest BCUT2D eigenvalue weighted by Gasteiger charge is -1.93. The Morgan fingerprint density at radius 1 is 1.46 bits per heavy atom. The SMILES string of the molecule is O=C(c1ccco1)c1ccsc1Br. The van der Waals surface area contributed by atoms with Gasteiger partial charge in [0.1, 0.15) is 0 Å². The molecule has 2 nitrogen and oxygen atoms in total. The highest BCUT2D eigenvalue weighted by atomic mass is 79.9. The molecule has 0 radical (unpaired) electrons. The third kappa shape index (κ3) is 1.59. The zero-order valence-corrected chi connectivity index (χ0v) is 8.89. The molecule has 2 rings (SSSR count). The van der Waals surface area contributed by atoms with Crippen molar-refractivity contribution in [2.75, 3.05) is 0 Å². The van der Waals surface area contributed by atoms with Crippen molar-refractivity contribution < 1.29 is 9.21 Å². The first kappa shape index (κ1) is 8.72. The number of ketones is 1. The highest BCUT2D eigenvalue weighted by Crippen LogP contribution is 2.25. The van der Waals surface area contributed by atoms with Crippen molar-refractivity contribution in [2.24, 2.45) is 0 Å². The minimum absolute atomic E-state index is 0.0851. The summed E-state index contributed by atoms with van der Waals surface area (Å²) in [5.41, 5.74) is 0.653. The molecule has 0 aliphatic heterocycles. The van der Waals surface area contributed by atoms with E-state index in [1.807, 2.05) is 5.38 Å². The second-order valence-electron chi connectivity index (χ2n) is 2.41. The van der Waals surface area contributed by atoms with Crippen molar-refractivity contribution in [3.63, 3.8) is 0 Å². The van der Waals surface area contributed by atoms with Gasteiger partial charge in [0.2, 0.25) is 5.78 Å². The van der Waals surface area contributed by atoms with Gasteiger partial charge >= 0.3 is 0 Å². The van der Waals surface area contributed by atoms with Gasteiger partial charge in [-0.2, -0.15) is 0 Å². The Kier molecular flexibility index (Phi) is 2.33. The third-order valence-corrected chi connectivity index (χ3v) is 3.29. The van der Waals surface area contributed by atoms with Gasteiger partial charge in [-0.05, 0) is 39.5 Å². The molecule has 0 spiro atoms. The van der Waals surface area contributed by atoms with E-state index in [1.165, 1.54) is 17.6 Å². The molecule has 2 aromatic rings. The first-order valence-corrected chi connectivity index (χ1v) is 5.27. The number of hydrogen-bond acceptors (Lipinski definition) is 3. The molecular weight excluding hydrogens is 252 g/mol. The van der Waals surface area contributed by atoms with E-state index in [-0.39, 0.29) is 5.78 Å².